The van der Waals surface area contributed by atoms with E-state index in [1.165, 1.54) is 0 Å². The number of nitrogens with one attached hydrogen (secondary N) is 1. The quantitative estimate of drug-likeness (QED) is 0.667. The predicted molar refractivity (Wildman–Crippen MR) is 97.1 cm³/mol. The van der Waals surface area contributed by atoms with Crippen LogP contribution in [0.1, 0.15) is 34.3 Å². The Balaban J connectivity index is 1.63. The molecule has 0 aromatic heterocycles. The first-order chi connectivity index (χ1) is 12.5. The Morgan fingerprint density at radius 1 is 1.12 bits per heavy atom. The van der Waals surface area contributed by atoms with Crippen molar-refractivity contribution in [2.45, 2.75) is 24.8 Å². The number of rotatable bonds is 3. The standard InChI is InChI=1S/C20H17ClN2O3/c21-15-9-7-14(8-10-15)17(24)12-23-18(25)20(22-19(23)26)11-3-5-13-4-1-2-6-16(13)20/h1-2,4,6-10H,3,5,11-12H2,(H,22,26)/t20-/m1/s1. The van der Waals surface area contributed by atoms with Gasteiger partial charge in [-0.05, 0) is 54.7 Å². The van der Waals surface area contributed by atoms with Gasteiger partial charge in [-0.25, -0.2) is 4.79 Å². The second-order valence-electron chi connectivity index (χ2n) is 6.67. The van der Waals surface area contributed by atoms with E-state index in [1.54, 1.807) is 24.3 Å². The van der Waals surface area contributed by atoms with Crippen LogP contribution in [-0.2, 0) is 16.8 Å². The third-order valence-electron chi connectivity index (χ3n) is 5.12. The molecule has 1 spiro atoms. The minimum atomic E-state index is -1.05. The second kappa shape index (κ2) is 6.25. The molecule has 1 heterocycles. The topological polar surface area (TPSA) is 66.5 Å². The highest BCUT2D eigenvalue weighted by atomic mass is 35.5. The summed E-state index contributed by atoms with van der Waals surface area (Å²) in [6.07, 6.45) is 2.23. The average molecular weight is 369 g/mol. The summed E-state index contributed by atoms with van der Waals surface area (Å²) in [5.41, 5.74) is 1.27. The number of Topliss-reactive ketones (excluding diaryl/α,β-unsaturated/α-hetero) is 1. The molecule has 2 aromatic carbocycles. The van der Waals surface area contributed by atoms with Crippen molar-refractivity contribution in [2.75, 3.05) is 6.54 Å². The molecule has 6 heteroatoms. The highest BCUT2D eigenvalue weighted by Gasteiger charge is 2.54. The zero-order chi connectivity index (χ0) is 18.3. The SMILES string of the molecule is O=C(CN1C(=O)N[C@@]2(CCCc3ccccc32)C1=O)c1ccc(Cl)cc1. The first-order valence-corrected chi connectivity index (χ1v) is 8.90. The van der Waals surface area contributed by atoms with E-state index in [0.29, 0.717) is 17.0 Å². The molecule has 4 rings (SSSR count). The molecule has 3 amide bonds. The largest absolute Gasteiger partial charge is 0.325 e. The van der Waals surface area contributed by atoms with Crippen molar-refractivity contribution >= 4 is 29.3 Å². The van der Waals surface area contributed by atoms with Gasteiger partial charge in [-0.15, -0.1) is 0 Å². The number of hydrogen-bond donors (Lipinski definition) is 1. The molecule has 1 N–H and O–H groups in total. The van der Waals surface area contributed by atoms with Crippen LogP contribution < -0.4 is 5.32 Å². The highest BCUT2D eigenvalue weighted by molar-refractivity contribution is 6.30. The Morgan fingerprint density at radius 3 is 2.62 bits per heavy atom. The van der Waals surface area contributed by atoms with Gasteiger partial charge in [-0.2, -0.15) is 0 Å². The monoisotopic (exact) mass is 368 g/mol. The summed E-state index contributed by atoms with van der Waals surface area (Å²) < 4.78 is 0. The van der Waals surface area contributed by atoms with Gasteiger partial charge in [-0.3, -0.25) is 14.5 Å². The minimum absolute atomic E-state index is 0.282. The molecular weight excluding hydrogens is 352 g/mol. The number of amides is 3. The molecular formula is C20H17ClN2O3. The Bertz CT molecular complexity index is 910. The van der Waals surface area contributed by atoms with E-state index in [4.69, 9.17) is 11.6 Å². The molecule has 1 saturated heterocycles. The number of carbonyl (C=O) groups is 3. The lowest BCUT2D eigenvalue weighted by atomic mass is 9.76. The number of halogens is 1. The number of carbonyl (C=O) groups excluding carboxylic acids is 3. The van der Waals surface area contributed by atoms with E-state index < -0.39 is 11.6 Å². The summed E-state index contributed by atoms with van der Waals surface area (Å²) in [6, 6.07) is 13.6. The summed E-state index contributed by atoms with van der Waals surface area (Å²) >= 11 is 5.84. The van der Waals surface area contributed by atoms with Crippen LogP contribution in [0.5, 0.6) is 0 Å². The maximum Gasteiger partial charge on any atom is 0.325 e. The van der Waals surface area contributed by atoms with E-state index in [-0.39, 0.29) is 18.2 Å². The van der Waals surface area contributed by atoms with Gasteiger partial charge >= 0.3 is 6.03 Å². The lowest BCUT2D eigenvalue weighted by Crippen LogP contribution is -2.46. The average Bonchev–Trinajstić information content (AvgIpc) is 2.87. The summed E-state index contributed by atoms with van der Waals surface area (Å²) in [6.45, 7) is -0.282. The van der Waals surface area contributed by atoms with Crippen LogP contribution in [0.3, 0.4) is 0 Å². The fraction of sp³-hybridized carbons (Fsp3) is 0.250. The molecule has 1 fully saturated rings. The molecule has 0 bridgehead atoms. The number of fused-ring (bicyclic) bond motifs is 2. The first kappa shape index (κ1) is 16.8. The van der Waals surface area contributed by atoms with Crippen molar-refractivity contribution in [1.29, 1.82) is 0 Å². The van der Waals surface area contributed by atoms with E-state index in [9.17, 15) is 14.4 Å². The van der Waals surface area contributed by atoms with Gasteiger partial charge in [0.15, 0.2) is 5.78 Å². The summed E-state index contributed by atoms with van der Waals surface area (Å²) in [4.78, 5) is 39.2. The molecule has 2 aromatic rings. The number of ketones is 1. The Labute approximate surface area is 155 Å². The number of benzene rings is 2. The molecule has 0 radical (unpaired) electrons. The smallest absolute Gasteiger partial charge is 0.319 e. The highest BCUT2D eigenvalue weighted by Crippen LogP contribution is 2.39. The summed E-state index contributed by atoms with van der Waals surface area (Å²) in [5, 5.41) is 3.38. The van der Waals surface area contributed by atoms with Crippen LogP contribution in [0.25, 0.3) is 0 Å². The second-order valence-corrected chi connectivity index (χ2v) is 7.10. The fourth-order valence-electron chi connectivity index (χ4n) is 3.83. The maximum absolute atomic E-state index is 13.1. The van der Waals surface area contributed by atoms with Crippen molar-refractivity contribution < 1.29 is 14.4 Å². The third kappa shape index (κ3) is 2.59. The maximum atomic E-state index is 13.1. The molecule has 1 aliphatic heterocycles. The van der Waals surface area contributed by atoms with Gasteiger partial charge in [0.2, 0.25) is 0 Å². The van der Waals surface area contributed by atoms with E-state index in [2.05, 4.69) is 5.32 Å². The van der Waals surface area contributed by atoms with Gasteiger partial charge in [0.25, 0.3) is 5.91 Å². The van der Waals surface area contributed by atoms with Gasteiger partial charge in [-0.1, -0.05) is 35.9 Å². The van der Waals surface area contributed by atoms with Crippen molar-refractivity contribution in [3.63, 3.8) is 0 Å². The zero-order valence-electron chi connectivity index (χ0n) is 14.0. The Hall–Kier alpha value is -2.66. The van der Waals surface area contributed by atoms with Crippen LogP contribution in [-0.4, -0.2) is 29.2 Å². The number of hydrogen-bond acceptors (Lipinski definition) is 3. The van der Waals surface area contributed by atoms with Crippen LogP contribution in [0.2, 0.25) is 5.02 Å². The van der Waals surface area contributed by atoms with Crippen molar-refractivity contribution in [3.8, 4) is 0 Å². The lowest BCUT2D eigenvalue weighted by Gasteiger charge is -2.33. The molecule has 5 nitrogen and oxygen atoms in total. The molecule has 132 valence electrons. The Kier molecular flexibility index (Phi) is 4.04. The number of urea groups is 1. The molecule has 1 aliphatic carbocycles. The normalized spacial score (nSPS) is 21.7. The van der Waals surface area contributed by atoms with Crippen LogP contribution in [0.15, 0.2) is 48.5 Å². The van der Waals surface area contributed by atoms with E-state index in [0.717, 1.165) is 28.9 Å². The number of imide groups is 1. The number of nitrogens with zero attached hydrogens (tertiary/aromatic N) is 1. The van der Waals surface area contributed by atoms with Crippen molar-refractivity contribution in [2.24, 2.45) is 0 Å². The minimum Gasteiger partial charge on any atom is -0.319 e. The summed E-state index contributed by atoms with van der Waals surface area (Å²) in [5.74, 6) is -0.650. The molecule has 1 atom stereocenters. The van der Waals surface area contributed by atoms with E-state index in [1.807, 2.05) is 24.3 Å². The van der Waals surface area contributed by atoms with Crippen LogP contribution in [0, 0.1) is 0 Å². The van der Waals surface area contributed by atoms with Gasteiger partial charge in [0.1, 0.15) is 5.54 Å². The first-order valence-electron chi connectivity index (χ1n) is 8.52. The third-order valence-corrected chi connectivity index (χ3v) is 5.37. The van der Waals surface area contributed by atoms with Gasteiger partial charge in [0.05, 0.1) is 6.54 Å². The number of aryl methyl sites for hydroxylation is 1. The van der Waals surface area contributed by atoms with Gasteiger partial charge < -0.3 is 5.32 Å². The molecule has 26 heavy (non-hydrogen) atoms. The van der Waals surface area contributed by atoms with E-state index >= 15 is 0 Å². The van der Waals surface area contributed by atoms with Crippen molar-refractivity contribution in [3.05, 3.63) is 70.2 Å². The molecule has 0 saturated carbocycles. The Morgan fingerprint density at radius 2 is 1.85 bits per heavy atom. The predicted octanol–water partition coefficient (Wildman–Crippen LogP) is 3.31. The summed E-state index contributed by atoms with van der Waals surface area (Å²) in [7, 11) is 0. The van der Waals surface area contributed by atoms with Gasteiger partial charge in [0, 0.05) is 10.6 Å². The van der Waals surface area contributed by atoms with Crippen molar-refractivity contribution in [1.82, 2.24) is 10.2 Å². The molecule has 0 unspecified atom stereocenters. The van der Waals surface area contributed by atoms with Crippen LogP contribution in [0.4, 0.5) is 4.79 Å². The molecule has 2 aliphatic rings. The fourth-order valence-corrected chi connectivity index (χ4v) is 3.95. The van der Waals surface area contributed by atoms with Crippen LogP contribution >= 0.6 is 11.6 Å². The zero-order valence-corrected chi connectivity index (χ0v) is 14.8. The lowest BCUT2D eigenvalue weighted by molar-refractivity contribution is -0.131.